The Kier molecular flexibility index (Phi) is 33.1. The number of pyridine rings is 4. The van der Waals surface area contributed by atoms with Crippen LogP contribution in [-0.2, 0) is 35.3 Å². The molecule has 0 bridgehead atoms. The van der Waals surface area contributed by atoms with Gasteiger partial charge in [-0.05, 0) is 213 Å². The first kappa shape index (κ1) is 92.0. The average molecular weight is 1680 g/mol. The van der Waals surface area contributed by atoms with Gasteiger partial charge in [-0.1, -0.05) is 172 Å². The minimum atomic E-state index is -0.525. The standard InChI is InChI=1S/C28H29FN2O3.C27H28FN3O2.C25H26N2O2.C24H23FN2O2/c1-3-28(33)31(23-5-4-6-23)25-14-13-22(17-24(25)29)20-9-11-21(12-10-20)26(32)15-7-19-8-16-27(34-2)30-18-19;1-2-27(33)31(22-4-3-5-22)24-13-12-21(16-23(24)28)19-8-10-20(11-9-19)25(32)14-6-18-7-15-26(29)30-17-18;1-4-27(3)25(29)23-13-9-21(10-14-23)20-7-11-22(12-8-20)24(28)16-15-19-6-5-17-26-18(19)2;1-3-27(2)24(29)21-12-8-18(9-13-21)17-6-10-19(11-7-17)22(28)15-14-20-5-4-16-26-23(20)25/h8-14,16-18,23H,3-7,15H2,1-2H3;7-13,15-17,22H,2-6,14H2,1H3,(H2,29,30);5-14,17H,4,15-16H2,1-3H3;4-13,16H,3,14-15H2,1-2H3. The molecule has 2 N–H and O–H groups in total. The van der Waals surface area contributed by atoms with E-state index in [-0.39, 0.29) is 65.3 Å². The van der Waals surface area contributed by atoms with E-state index >= 15 is 8.78 Å². The summed E-state index contributed by atoms with van der Waals surface area (Å²) in [6.07, 6.45) is 16.7. The van der Waals surface area contributed by atoms with E-state index in [1.807, 2.05) is 166 Å². The second-order valence-corrected chi connectivity index (χ2v) is 31.0. The Bertz CT molecular complexity index is 5530. The zero-order valence-corrected chi connectivity index (χ0v) is 72.1. The monoisotopic (exact) mass is 1680 g/mol. The second-order valence-electron chi connectivity index (χ2n) is 31.0. The summed E-state index contributed by atoms with van der Waals surface area (Å²) in [6, 6.07) is 69.1. The van der Waals surface area contributed by atoms with Crippen molar-refractivity contribution in [1.82, 2.24) is 29.7 Å². The van der Waals surface area contributed by atoms with Crippen LogP contribution < -0.4 is 20.3 Å². The number of nitrogens with two attached hydrogens (primary N) is 1. The molecular weight excluding hydrogens is 1580 g/mol. The van der Waals surface area contributed by atoms with Crippen LogP contribution in [0.3, 0.4) is 0 Å². The van der Waals surface area contributed by atoms with Crippen LogP contribution in [0, 0.1) is 24.5 Å². The van der Waals surface area contributed by atoms with Gasteiger partial charge >= 0.3 is 0 Å². The Morgan fingerprint density at radius 2 is 0.728 bits per heavy atom. The SMILES string of the molecule is CCC(=O)N(c1ccc(-c2ccc(C(=O)CCc3ccc(N)nc3)cc2)cc1F)C1CCC1.CCC(=O)N(c1ccc(-c2ccc(C(=O)CCc3ccc(OC)nc3)cc2)cc1F)C1CCC1.CCN(C)C(=O)c1ccc(-c2ccc(C(=O)CCc3cccnc3C)cc2)cc1.CCN(C)C(=O)c1ccc(-c2ccc(C(=O)CCc3cccnc3F)cc2)cc1. The zero-order valence-electron chi connectivity index (χ0n) is 72.1. The number of nitrogens with zero attached hydrogens (tertiary/aromatic N) is 8. The van der Waals surface area contributed by atoms with Gasteiger partial charge in [-0.2, -0.15) is 4.39 Å². The summed E-state index contributed by atoms with van der Waals surface area (Å²) >= 11 is 0. The fourth-order valence-corrected chi connectivity index (χ4v) is 14.4. The van der Waals surface area contributed by atoms with Gasteiger partial charge in [-0.25, -0.2) is 23.7 Å². The molecule has 8 aromatic carbocycles. The smallest absolute Gasteiger partial charge is 0.253 e. The van der Waals surface area contributed by atoms with Gasteiger partial charge in [0, 0.05) is 153 Å². The van der Waals surface area contributed by atoms with Crippen LogP contribution in [-0.4, -0.2) is 123 Å². The number of rotatable bonds is 31. The van der Waals surface area contributed by atoms with Crippen LogP contribution in [0.1, 0.15) is 195 Å². The quantitative estimate of drug-likeness (QED) is 0.0314. The summed E-state index contributed by atoms with van der Waals surface area (Å²) in [5.74, 6) is -0.261. The molecule has 0 saturated heterocycles. The molecule has 18 nitrogen and oxygen atoms in total. The number of aryl methyl sites for hydroxylation is 5. The molecular formula is C104H106F3N9O9. The van der Waals surface area contributed by atoms with Crippen LogP contribution in [0.25, 0.3) is 44.5 Å². The van der Waals surface area contributed by atoms with E-state index in [4.69, 9.17) is 10.5 Å². The second kappa shape index (κ2) is 44.9. The largest absolute Gasteiger partial charge is 0.481 e. The number of anilines is 3. The third-order valence-corrected chi connectivity index (χ3v) is 22.8. The third-order valence-electron chi connectivity index (χ3n) is 22.8. The van der Waals surface area contributed by atoms with E-state index in [9.17, 15) is 42.7 Å². The summed E-state index contributed by atoms with van der Waals surface area (Å²) in [5.41, 5.74) is 21.6. The number of nitrogen functional groups attached to an aromatic ring is 1. The van der Waals surface area contributed by atoms with Gasteiger partial charge in [0.2, 0.25) is 23.6 Å². The predicted octanol–water partition coefficient (Wildman–Crippen LogP) is 21.3. The molecule has 0 spiro atoms. The highest BCUT2D eigenvalue weighted by Crippen LogP contribution is 2.37. The molecule has 2 aliphatic carbocycles. The average Bonchev–Trinajstić information content (AvgIpc) is 0.790. The number of hydrogen-bond donors (Lipinski definition) is 1. The van der Waals surface area contributed by atoms with Crippen molar-refractivity contribution in [2.75, 3.05) is 49.8 Å². The first-order chi connectivity index (χ1) is 60.4. The number of hydrogen-bond acceptors (Lipinski definition) is 14. The molecule has 0 radical (unpaired) electrons. The number of amides is 4. The van der Waals surface area contributed by atoms with Gasteiger partial charge < -0.3 is 30.1 Å². The summed E-state index contributed by atoms with van der Waals surface area (Å²) in [7, 11) is 5.13. The third kappa shape index (κ3) is 24.8. The van der Waals surface area contributed by atoms with Crippen molar-refractivity contribution in [2.45, 2.75) is 149 Å². The van der Waals surface area contributed by atoms with Crippen LogP contribution in [0.15, 0.2) is 255 Å². The molecule has 4 aromatic heterocycles. The van der Waals surface area contributed by atoms with E-state index in [2.05, 4.69) is 19.9 Å². The van der Waals surface area contributed by atoms with Crippen molar-refractivity contribution < 1.29 is 56.3 Å². The Morgan fingerprint density at radius 1 is 0.392 bits per heavy atom. The fourth-order valence-electron chi connectivity index (χ4n) is 14.4. The molecule has 2 saturated carbocycles. The molecule has 4 heterocycles. The van der Waals surface area contributed by atoms with Crippen LogP contribution in [0.2, 0.25) is 0 Å². The molecule has 125 heavy (non-hydrogen) atoms. The molecule has 2 aliphatic rings. The first-order valence-electron chi connectivity index (χ1n) is 42.6. The van der Waals surface area contributed by atoms with Gasteiger partial charge in [0.15, 0.2) is 23.1 Å². The summed E-state index contributed by atoms with van der Waals surface area (Å²) in [6.45, 7) is 10.8. The van der Waals surface area contributed by atoms with Crippen LogP contribution in [0.5, 0.6) is 5.88 Å². The van der Waals surface area contributed by atoms with E-state index in [0.717, 1.165) is 94.3 Å². The number of carbonyl (C=O) groups excluding carboxylic acids is 8. The topological polar surface area (TPSA) is 236 Å². The van der Waals surface area contributed by atoms with E-state index in [1.165, 1.54) is 18.3 Å². The maximum atomic E-state index is 15.1. The van der Waals surface area contributed by atoms with Crippen molar-refractivity contribution in [1.29, 1.82) is 0 Å². The molecule has 2 fully saturated rings. The molecule has 0 unspecified atom stereocenters. The fraction of sp³-hybridized carbons (Fsp3) is 0.269. The lowest BCUT2D eigenvalue weighted by Crippen LogP contribution is -2.44. The van der Waals surface area contributed by atoms with Crippen molar-refractivity contribution in [3.05, 3.63) is 334 Å². The van der Waals surface area contributed by atoms with E-state index in [1.54, 1.807) is 146 Å². The summed E-state index contributed by atoms with van der Waals surface area (Å²) < 4.78 is 48.7. The van der Waals surface area contributed by atoms with E-state index in [0.29, 0.717) is 144 Å². The normalized spacial score (nSPS) is 12.1. The Labute approximate surface area is 729 Å². The number of carbonyl (C=O) groups is 8. The Hall–Kier alpha value is -13.7. The molecule has 12 aromatic rings. The van der Waals surface area contributed by atoms with Gasteiger partial charge in [0.25, 0.3) is 11.8 Å². The number of methoxy groups -OCH3 is 1. The lowest BCUT2D eigenvalue weighted by Gasteiger charge is -2.37. The number of ether oxygens (including phenoxy) is 1. The number of aromatic nitrogens is 4. The zero-order chi connectivity index (χ0) is 89.1. The minimum absolute atomic E-state index is 0.00922. The van der Waals surface area contributed by atoms with Crippen molar-refractivity contribution in [3.8, 4) is 50.4 Å². The molecule has 0 atom stereocenters. The number of halogens is 3. The number of Topliss-reactive ketones (excluding diaryl/α,β-unsaturated/α-hetero) is 4. The highest BCUT2D eigenvalue weighted by molar-refractivity contribution is 6.01. The Balaban J connectivity index is 0.000000162. The van der Waals surface area contributed by atoms with Crippen LogP contribution >= 0.6 is 0 Å². The molecule has 0 aliphatic heterocycles. The van der Waals surface area contributed by atoms with Gasteiger partial charge in [0.1, 0.15) is 17.5 Å². The van der Waals surface area contributed by atoms with Crippen molar-refractivity contribution >= 4 is 64.0 Å². The number of ketones is 4. The maximum absolute atomic E-state index is 15.1. The van der Waals surface area contributed by atoms with Gasteiger partial charge in [-0.15, -0.1) is 0 Å². The van der Waals surface area contributed by atoms with E-state index < -0.39 is 17.6 Å². The Morgan fingerprint density at radius 3 is 1.04 bits per heavy atom. The van der Waals surface area contributed by atoms with Gasteiger partial charge in [0.05, 0.1) is 18.5 Å². The highest BCUT2D eigenvalue weighted by atomic mass is 19.1. The van der Waals surface area contributed by atoms with Gasteiger partial charge in [-0.3, -0.25) is 43.3 Å². The van der Waals surface area contributed by atoms with Crippen molar-refractivity contribution in [3.63, 3.8) is 0 Å². The molecule has 4 amide bonds. The first-order valence-corrected chi connectivity index (χ1v) is 42.6. The summed E-state index contributed by atoms with van der Waals surface area (Å²) in [4.78, 5) is 122. The molecule has 14 rings (SSSR count). The lowest BCUT2D eigenvalue weighted by molar-refractivity contribution is -0.120. The number of benzene rings is 8. The van der Waals surface area contributed by atoms with Crippen LogP contribution in [0.4, 0.5) is 30.4 Å². The summed E-state index contributed by atoms with van der Waals surface area (Å²) in [5, 5.41) is 0. The molecule has 642 valence electrons. The predicted molar refractivity (Wildman–Crippen MR) is 487 cm³/mol. The maximum Gasteiger partial charge on any atom is 0.253 e. The lowest BCUT2D eigenvalue weighted by atomic mass is 9.90. The molecule has 21 heteroatoms. The minimum Gasteiger partial charge on any atom is -0.481 e. The highest BCUT2D eigenvalue weighted by Gasteiger charge is 2.33. The van der Waals surface area contributed by atoms with Crippen molar-refractivity contribution in [2.24, 2.45) is 0 Å².